The van der Waals surface area contributed by atoms with Crippen LogP contribution in [0.2, 0.25) is 0 Å². The summed E-state index contributed by atoms with van der Waals surface area (Å²) in [7, 11) is 0. The second kappa shape index (κ2) is 8.04. The van der Waals surface area contributed by atoms with E-state index in [0.717, 1.165) is 18.8 Å². The van der Waals surface area contributed by atoms with Crippen molar-refractivity contribution in [3.05, 3.63) is 12.3 Å². The summed E-state index contributed by atoms with van der Waals surface area (Å²) in [6.45, 7) is 3.82. The van der Waals surface area contributed by atoms with Gasteiger partial charge in [-0.2, -0.15) is 4.98 Å². The van der Waals surface area contributed by atoms with E-state index >= 15 is 0 Å². The summed E-state index contributed by atoms with van der Waals surface area (Å²) in [5.74, 6) is 1.61. The molecule has 1 aromatic rings. The van der Waals surface area contributed by atoms with Crippen LogP contribution in [-0.2, 0) is 0 Å². The Bertz CT molecular complexity index is 393. The first kappa shape index (κ1) is 15.0. The maximum atomic E-state index is 9.34. The number of aliphatic hydroxyl groups is 1. The Kier molecular flexibility index (Phi) is 6.05. The van der Waals surface area contributed by atoms with E-state index in [1.807, 2.05) is 6.07 Å². The van der Waals surface area contributed by atoms with Crippen LogP contribution in [0.15, 0.2) is 12.3 Å². The predicted molar refractivity (Wildman–Crippen MR) is 82.1 cm³/mol. The molecule has 0 spiro atoms. The standard InChI is InChI=1S/C15H26N4O/c1-2-9-16-15-17-10-8-14(18-15)19(11-12-20)13-6-4-3-5-7-13/h8,10,13,20H,2-7,9,11-12H2,1H3,(H,16,17,18). The lowest BCUT2D eigenvalue weighted by Crippen LogP contribution is -2.39. The first-order valence-corrected chi connectivity index (χ1v) is 7.79. The third-order valence-electron chi connectivity index (χ3n) is 3.82. The largest absolute Gasteiger partial charge is 0.395 e. The lowest BCUT2D eigenvalue weighted by Gasteiger charge is -2.35. The van der Waals surface area contributed by atoms with Crippen molar-refractivity contribution in [1.29, 1.82) is 0 Å². The number of hydrogen-bond donors (Lipinski definition) is 2. The molecule has 1 heterocycles. The lowest BCUT2D eigenvalue weighted by atomic mass is 9.94. The van der Waals surface area contributed by atoms with Gasteiger partial charge in [0.1, 0.15) is 5.82 Å². The molecule has 0 saturated heterocycles. The Hall–Kier alpha value is -1.36. The Morgan fingerprint density at radius 2 is 2.15 bits per heavy atom. The first-order valence-electron chi connectivity index (χ1n) is 7.79. The molecule has 0 bridgehead atoms. The van der Waals surface area contributed by atoms with Gasteiger partial charge in [0, 0.05) is 25.3 Å². The molecule has 112 valence electrons. The van der Waals surface area contributed by atoms with Gasteiger partial charge in [0.15, 0.2) is 0 Å². The third-order valence-corrected chi connectivity index (χ3v) is 3.82. The van der Waals surface area contributed by atoms with E-state index in [4.69, 9.17) is 0 Å². The van der Waals surface area contributed by atoms with Gasteiger partial charge in [-0.3, -0.25) is 0 Å². The van der Waals surface area contributed by atoms with Crippen LogP contribution in [-0.4, -0.2) is 40.8 Å². The molecule has 1 aliphatic rings. The van der Waals surface area contributed by atoms with Gasteiger partial charge in [0.25, 0.3) is 0 Å². The van der Waals surface area contributed by atoms with Crippen LogP contribution in [0.25, 0.3) is 0 Å². The summed E-state index contributed by atoms with van der Waals surface area (Å²) in [6.07, 6.45) is 9.13. The van der Waals surface area contributed by atoms with E-state index in [0.29, 0.717) is 18.5 Å². The number of nitrogens with zero attached hydrogens (tertiary/aromatic N) is 3. The molecular weight excluding hydrogens is 252 g/mol. The lowest BCUT2D eigenvalue weighted by molar-refractivity contribution is 0.289. The number of rotatable bonds is 7. The van der Waals surface area contributed by atoms with Crippen LogP contribution < -0.4 is 10.2 Å². The minimum Gasteiger partial charge on any atom is -0.395 e. The van der Waals surface area contributed by atoms with E-state index in [2.05, 4.69) is 27.1 Å². The second-order valence-corrected chi connectivity index (χ2v) is 5.37. The minimum atomic E-state index is 0.165. The van der Waals surface area contributed by atoms with Gasteiger partial charge >= 0.3 is 0 Å². The monoisotopic (exact) mass is 278 g/mol. The number of hydrogen-bond acceptors (Lipinski definition) is 5. The van der Waals surface area contributed by atoms with Gasteiger partial charge in [0.2, 0.25) is 5.95 Å². The van der Waals surface area contributed by atoms with Crippen molar-refractivity contribution in [2.24, 2.45) is 0 Å². The summed E-state index contributed by atoms with van der Waals surface area (Å²) in [5, 5.41) is 12.6. The maximum Gasteiger partial charge on any atom is 0.224 e. The zero-order chi connectivity index (χ0) is 14.2. The van der Waals surface area contributed by atoms with Crippen LogP contribution in [0.5, 0.6) is 0 Å². The Labute approximate surface area is 121 Å². The topological polar surface area (TPSA) is 61.3 Å². The minimum absolute atomic E-state index is 0.165. The Morgan fingerprint density at radius 3 is 2.85 bits per heavy atom. The van der Waals surface area contributed by atoms with E-state index < -0.39 is 0 Å². The molecule has 5 heteroatoms. The highest BCUT2D eigenvalue weighted by Gasteiger charge is 2.22. The highest BCUT2D eigenvalue weighted by atomic mass is 16.3. The van der Waals surface area contributed by atoms with Crippen LogP contribution >= 0.6 is 0 Å². The summed E-state index contributed by atoms with van der Waals surface area (Å²) in [4.78, 5) is 11.1. The summed E-state index contributed by atoms with van der Waals surface area (Å²) in [5.41, 5.74) is 0. The molecule has 1 aliphatic carbocycles. The SMILES string of the molecule is CCCNc1nccc(N(CCO)C2CCCCC2)n1. The fourth-order valence-electron chi connectivity index (χ4n) is 2.82. The Balaban J connectivity index is 2.10. The van der Waals surface area contributed by atoms with E-state index in [1.54, 1.807) is 6.20 Å². The van der Waals surface area contributed by atoms with Crippen LogP contribution in [0, 0.1) is 0 Å². The molecule has 2 N–H and O–H groups in total. The van der Waals surface area contributed by atoms with Crippen molar-refractivity contribution in [3.8, 4) is 0 Å². The van der Waals surface area contributed by atoms with Crippen LogP contribution in [0.3, 0.4) is 0 Å². The highest BCUT2D eigenvalue weighted by Crippen LogP contribution is 2.26. The quantitative estimate of drug-likeness (QED) is 0.802. The van der Waals surface area contributed by atoms with Crippen molar-refractivity contribution in [1.82, 2.24) is 9.97 Å². The normalized spacial score (nSPS) is 16.1. The average molecular weight is 278 g/mol. The molecule has 1 aromatic heterocycles. The molecule has 0 atom stereocenters. The van der Waals surface area contributed by atoms with Crippen molar-refractivity contribution >= 4 is 11.8 Å². The van der Waals surface area contributed by atoms with E-state index in [-0.39, 0.29) is 6.61 Å². The molecule has 2 rings (SSSR count). The molecule has 1 saturated carbocycles. The van der Waals surface area contributed by atoms with Gasteiger partial charge in [-0.1, -0.05) is 26.2 Å². The van der Waals surface area contributed by atoms with Gasteiger partial charge < -0.3 is 15.3 Å². The molecular formula is C15H26N4O. The van der Waals surface area contributed by atoms with Gasteiger partial charge in [0.05, 0.1) is 6.61 Å². The number of aliphatic hydroxyl groups excluding tert-OH is 1. The number of anilines is 2. The van der Waals surface area contributed by atoms with Gasteiger partial charge in [-0.25, -0.2) is 4.98 Å². The van der Waals surface area contributed by atoms with Crippen molar-refractivity contribution in [2.75, 3.05) is 29.9 Å². The van der Waals surface area contributed by atoms with Crippen LogP contribution in [0.1, 0.15) is 45.4 Å². The second-order valence-electron chi connectivity index (χ2n) is 5.37. The van der Waals surface area contributed by atoms with Crippen molar-refractivity contribution < 1.29 is 5.11 Å². The van der Waals surface area contributed by atoms with E-state index in [1.165, 1.54) is 32.1 Å². The highest BCUT2D eigenvalue weighted by molar-refractivity contribution is 5.43. The summed E-state index contributed by atoms with van der Waals surface area (Å²) in [6, 6.07) is 2.45. The maximum absolute atomic E-state index is 9.34. The van der Waals surface area contributed by atoms with Crippen molar-refractivity contribution in [3.63, 3.8) is 0 Å². The fourth-order valence-corrected chi connectivity index (χ4v) is 2.82. The van der Waals surface area contributed by atoms with E-state index in [9.17, 15) is 5.11 Å². The first-order chi connectivity index (χ1) is 9.85. The summed E-state index contributed by atoms with van der Waals surface area (Å²) < 4.78 is 0. The number of aromatic nitrogens is 2. The summed E-state index contributed by atoms with van der Waals surface area (Å²) >= 11 is 0. The average Bonchev–Trinajstić information content (AvgIpc) is 2.52. The van der Waals surface area contributed by atoms with Gasteiger partial charge in [-0.15, -0.1) is 0 Å². The smallest absolute Gasteiger partial charge is 0.224 e. The molecule has 0 radical (unpaired) electrons. The molecule has 0 amide bonds. The fraction of sp³-hybridized carbons (Fsp3) is 0.733. The molecule has 0 aliphatic heterocycles. The molecule has 0 unspecified atom stereocenters. The Morgan fingerprint density at radius 1 is 1.35 bits per heavy atom. The third kappa shape index (κ3) is 4.07. The zero-order valence-electron chi connectivity index (χ0n) is 12.4. The number of nitrogens with one attached hydrogen (secondary N) is 1. The van der Waals surface area contributed by atoms with Crippen LogP contribution in [0.4, 0.5) is 11.8 Å². The molecule has 0 aromatic carbocycles. The zero-order valence-corrected chi connectivity index (χ0v) is 12.4. The van der Waals surface area contributed by atoms with Crippen molar-refractivity contribution in [2.45, 2.75) is 51.5 Å². The predicted octanol–water partition coefficient (Wildman–Crippen LogP) is 2.43. The molecule has 1 fully saturated rings. The molecule has 20 heavy (non-hydrogen) atoms. The molecule has 5 nitrogen and oxygen atoms in total. The van der Waals surface area contributed by atoms with Gasteiger partial charge in [-0.05, 0) is 25.3 Å².